The molecule has 0 saturated carbocycles. The van der Waals surface area contributed by atoms with E-state index < -0.39 is 22.1 Å². The molecule has 0 saturated heterocycles. The summed E-state index contributed by atoms with van der Waals surface area (Å²) in [5.41, 5.74) is 1.40. The number of nitrogens with one attached hydrogen (secondary N) is 1. The molecule has 24 heavy (non-hydrogen) atoms. The first-order valence-electron chi connectivity index (χ1n) is 7.70. The maximum Gasteiger partial charge on any atom is 0.298 e. The number of carbonyl (C=O) groups is 1. The zero-order valence-corrected chi connectivity index (χ0v) is 15.1. The summed E-state index contributed by atoms with van der Waals surface area (Å²) in [5, 5.41) is 2.42. The van der Waals surface area contributed by atoms with Gasteiger partial charge in [0, 0.05) is 8.47 Å². The van der Waals surface area contributed by atoms with Gasteiger partial charge in [0.2, 0.25) is 0 Å². The molecule has 0 aliphatic carbocycles. The summed E-state index contributed by atoms with van der Waals surface area (Å²) in [4.78, 5) is 12.0. The molecule has 2 aromatic rings. The monoisotopic (exact) mass is 351 g/mol. The van der Waals surface area contributed by atoms with Crippen LogP contribution in [-0.4, -0.2) is 21.4 Å². The van der Waals surface area contributed by atoms with E-state index in [1.54, 1.807) is 42.5 Å². The third kappa shape index (κ3) is 5.18. The Hall–Kier alpha value is -2.18. The van der Waals surface area contributed by atoms with Crippen LogP contribution < -0.4 is 5.32 Å². The molecule has 2 aromatic carbocycles. The Labute approximate surface area is 145 Å². The van der Waals surface area contributed by atoms with Crippen molar-refractivity contribution in [3.63, 3.8) is 0 Å². The van der Waals surface area contributed by atoms with Gasteiger partial charge in [0.25, 0.3) is 16.0 Å². The van der Waals surface area contributed by atoms with Gasteiger partial charge in [-0.15, -0.1) is 0 Å². The van der Waals surface area contributed by atoms with Gasteiger partial charge >= 0.3 is 0 Å². The van der Waals surface area contributed by atoms with Crippen LogP contribution in [0.2, 0.25) is 0 Å². The van der Waals surface area contributed by atoms with E-state index in [9.17, 15) is 13.2 Å². The fourth-order valence-corrected chi connectivity index (χ4v) is 2.93. The van der Waals surface area contributed by atoms with Crippen molar-refractivity contribution in [3.05, 3.63) is 65.7 Å². The van der Waals surface area contributed by atoms with Gasteiger partial charge < -0.3 is 5.32 Å². The fourth-order valence-electron chi connectivity index (χ4n) is 1.90. The van der Waals surface area contributed by atoms with Crippen molar-refractivity contribution in [1.29, 1.82) is 0 Å². The Kier molecular flexibility index (Phi) is 7.61. The highest BCUT2D eigenvalue weighted by atomic mass is 32.2. The molecular weight excluding hydrogens is 326 g/mol. The maximum absolute atomic E-state index is 12.3. The maximum atomic E-state index is 12.3. The molecule has 0 spiro atoms. The molecule has 1 N–H and O–H groups in total. The average Bonchev–Trinajstić information content (AvgIpc) is 2.62. The van der Waals surface area contributed by atoms with Crippen molar-refractivity contribution in [3.8, 4) is 0 Å². The molecule has 0 unspecified atom stereocenters. The third-order valence-electron chi connectivity index (χ3n) is 3.12. The first-order chi connectivity index (χ1) is 11.4. The number of benzene rings is 2. The zero-order chi connectivity index (χ0) is 18.2. The van der Waals surface area contributed by atoms with E-state index in [0.29, 0.717) is 5.56 Å². The minimum Gasteiger partial charge on any atom is -0.357 e. The molecule has 0 bridgehead atoms. The summed E-state index contributed by atoms with van der Waals surface area (Å²) >= 11 is 0. The third-order valence-corrected chi connectivity index (χ3v) is 4.41. The second kappa shape index (κ2) is 9.20. The number of amides is 1. The first kappa shape index (κ1) is 19.9. The SMILES string of the molecule is CC.CNC(=O)[C@@H](OS(=O)(=O)c1ccc(C)cc1)c1ccccc1.[HH]. The predicted molar refractivity (Wildman–Crippen MR) is 96.2 cm³/mol. The van der Waals surface area contributed by atoms with Crippen molar-refractivity contribution in [1.82, 2.24) is 5.32 Å². The summed E-state index contributed by atoms with van der Waals surface area (Å²) < 4.78 is 29.9. The number of hydrogen-bond acceptors (Lipinski definition) is 4. The topological polar surface area (TPSA) is 72.5 Å². The van der Waals surface area contributed by atoms with Crippen molar-refractivity contribution >= 4 is 16.0 Å². The summed E-state index contributed by atoms with van der Waals surface area (Å²) in [6, 6.07) is 14.8. The number of rotatable bonds is 5. The van der Waals surface area contributed by atoms with Crippen molar-refractivity contribution < 1.29 is 18.8 Å². The molecule has 0 heterocycles. The largest absolute Gasteiger partial charge is 0.357 e. The van der Waals surface area contributed by atoms with E-state index in [2.05, 4.69) is 5.32 Å². The van der Waals surface area contributed by atoms with Crippen LogP contribution in [0, 0.1) is 6.92 Å². The second-order valence-electron chi connectivity index (χ2n) is 4.77. The van der Waals surface area contributed by atoms with Crippen LogP contribution in [0.3, 0.4) is 0 Å². The molecule has 1 amide bonds. The molecule has 2 rings (SSSR count). The average molecular weight is 351 g/mol. The van der Waals surface area contributed by atoms with Gasteiger partial charge in [0.05, 0.1) is 4.90 Å². The van der Waals surface area contributed by atoms with Gasteiger partial charge in [-0.1, -0.05) is 61.9 Å². The Morgan fingerprint density at radius 1 is 1.04 bits per heavy atom. The Bertz CT molecular complexity index is 746. The molecule has 5 nitrogen and oxygen atoms in total. The van der Waals surface area contributed by atoms with E-state index in [1.807, 2.05) is 20.8 Å². The van der Waals surface area contributed by atoms with E-state index in [0.717, 1.165) is 5.56 Å². The minimum atomic E-state index is -4.04. The second-order valence-corrected chi connectivity index (χ2v) is 6.34. The van der Waals surface area contributed by atoms with Crippen LogP contribution in [0.15, 0.2) is 59.5 Å². The Morgan fingerprint density at radius 3 is 2.08 bits per heavy atom. The Morgan fingerprint density at radius 2 is 1.58 bits per heavy atom. The van der Waals surface area contributed by atoms with E-state index >= 15 is 0 Å². The van der Waals surface area contributed by atoms with Crippen LogP contribution in [0.4, 0.5) is 0 Å². The zero-order valence-electron chi connectivity index (χ0n) is 14.3. The van der Waals surface area contributed by atoms with Crippen LogP contribution >= 0.6 is 0 Å². The molecule has 0 fully saturated rings. The van der Waals surface area contributed by atoms with E-state index in [1.165, 1.54) is 19.2 Å². The van der Waals surface area contributed by atoms with Gasteiger partial charge in [-0.05, 0) is 24.6 Å². The minimum absolute atomic E-state index is 0. The molecule has 0 radical (unpaired) electrons. The predicted octanol–water partition coefficient (Wildman–Crippen LogP) is 3.46. The summed E-state index contributed by atoms with van der Waals surface area (Å²) in [6.07, 6.45) is -1.22. The Balaban J connectivity index is 0.00000185. The highest BCUT2D eigenvalue weighted by molar-refractivity contribution is 7.86. The van der Waals surface area contributed by atoms with Gasteiger partial charge in [0.1, 0.15) is 0 Å². The van der Waals surface area contributed by atoms with Crippen LogP contribution in [0.1, 0.15) is 32.5 Å². The highest BCUT2D eigenvalue weighted by Gasteiger charge is 2.28. The number of carbonyl (C=O) groups excluding carboxylic acids is 1. The number of hydrogen-bond donors (Lipinski definition) is 1. The fraction of sp³-hybridized carbons (Fsp3) is 0.278. The van der Waals surface area contributed by atoms with Crippen molar-refractivity contribution in [2.75, 3.05) is 7.05 Å². The molecule has 0 aliphatic rings. The van der Waals surface area contributed by atoms with Gasteiger partial charge in [-0.25, -0.2) is 4.18 Å². The normalized spacial score (nSPS) is 11.8. The molecule has 0 aromatic heterocycles. The molecular formula is C18H25NO4S. The molecule has 0 aliphatic heterocycles. The van der Waals surface area contributed by atoms with Gasteiger partial charge in [-0.2, -0.15) is 8.42 Å². The van der Waals surface area contributed by atoms with Crippen molar-refractivity contribution in [2.24, 2.45) is 0 Å². The molecule has 1 atom stereocenters. The lowest BCUT2D eigenvalue weighted by atomic mass is 10.1. The molecule has 132 valence electrons. The summed E-state index contributed by atoms with van der Waals surface area (Å²) in [6.45, 7) is 5.86. The van der Waals surface area contributed by atoms with Crippen LogP contribution in [0.5, 0.6) is 0 Å². The van der Waals surface area contributed by atoms with Crippen LogP contribution in [-0.2, 0) is 19.1 Å². The highest BCUT2D eigenvalue weighted by Crippen LogP contribution is 2.24. The van der Waals surface area contributed by atoms with E-state index in [4.69, 9.17) is 4.18 Å². The van der Waals surface area contributed by atoms with Gasteiger partial charge in [-0.3, -0.25) is 4.79 Å². The number of likely N-dealkylation sites (N-methyl/N-ethyl adjacent to an activating group) is 1. The quantitative estimate of drug-likeness (QED) is 0.837. The first-order valence-corrected chi connectivity index (χ1v) is 9.11. The lowest BCUT2D eigenvalue weighted by Gasteiger charge is -2.16. The summed E-state index contributed by atoms with van der Waals surface area (Å²) in [7, 11) is -2.61. The number of aryl methyl sites for hydroxylation is 1. The lowest BCUT2D eigenvalue weighted by molar-refractivity contribution is -0.127. The van der Waals surface area contributed by atoms with Crippen molar-refractivity contribution in [2.45, 2.75) is 31.8 Å². The standard InChI is InChI=1S/C16H17NO4S.C2H6.H2/c1-12-8-10-14(11-9-12)22(19,20)21-15(16(18)17-2)13-6-4-3-5-7-13;1-2;/h3-11,15H,1-2H3,(H,17,18);1-2H3;1H/t15-;;/m0../s1. The van der Waals surface area contributed by atoms with Gasteiger partial charge in [0.15, 0.2) is 6.10 Å². The smallest absolute Gasteiger partial charge is 0.298 e. The van der Waals surface area contributed by atoms with E-state index in [-0.39, 0.29) is 6.32 Å². The summed E-state index contributed by atoms with van der Waals surface area (Å²) in [5.74, 6) is -0.526. The van der Waals surface area contributed by atoms with Crippen LogP contribution in [0.25, 0.3) is 0 Å². The molecule has 6 heteroatoms. The lowest BCUT2D eigenvalue weighted by Crippen LogP contribution is -2.29.